The van der Waals surface area contributed by atoms with Gasteiger partial charge in [-0.25, -0.2) is 0 Å². The van der Waals surface area contributed by atoms with Gasteiger partial charge in [-0.2, -0.15) is 0 Å². The lowest BCUT2D eigenvalue weighted by molar-refractivity contribution is -0.142. The van der Waals surface area contributed by atoms with Crippen molar-refractivity contribution in [2.24, 2.45) is 5.41 Å². The van der Waals surface area contributed by atoms with Crippen LogP contribution in [0.15, 0.2) is 0 Å². The molecule has 0 amide bonds. The number of carboxylic acid groups (broad SMARTS) is 1. The van der Waals surface area contributed by atoms with Gasteiger partial charge in [-0.3, -0.25) is 4.79 Å². The Morgan fingerprint density at radius 3 is 1.92 bits per heavy atom. The molecule has 0 aliphatic rings. The van der Waals surface area contributed by atoms with E-state index in [1.807, 2.05) is 27.7 Å². The summed E-state index contributed by atoms with van der Waals surface area (Å²) in [5.41, 5.74) is -0.185. The molecule has 0 rings (SSSR count). The van der Waals surface area contributed by atoms with Crippen molar-refractivity contribution in [2.45, 2.75) is 44.0 Å². The van der Waals surface area contributed by atoms with E-state index < -0.39 is 9.39 Å². The Labute approximate surface area is 87.9 Å². The minimum absolute atomic E-state index is 0.185. The first-order valence-corrected chi connectivity index (χ1v) is 5.26. The van der Waals surface area contributed by atoms with Crippen molar-refractivity contribution < 1.29 is 9.90 Å². The van der Waals surface area contributed by atoms with E-state index in [9.17, 15) is 4.79 Å². The van der Waals surface area contributed by atoms with Crippen LogP contribution in [0.1, 0.15) is 40.5 Å². The molecule has 72 valence electrons. The van der Waals surface area contributed by atoms with Crippen LogP contribution in [-0.2, 0) is 4.79 Å². The zero-order valence-electron chi connectivity index (χ0n) is 8.15. The summed E-state index contributed by atoms with van der Waals surface area (Å²) in [5, 5.41) is 9.09. The van der Waals surface area contributed by atoms with Gasteiger partial charge in [0.2, 0.25) is 0 Å². The van der Waals surface area contributed by atoms with Gasteiger partial charge in [-0.1, -0.05) is 56.7 Å². The van der Waals surface area contributed by atoms with E-state index in [1.165, 1.54) is 0 Å². The standard InChI is InChI=1S/C9H17IO2/c1-5-6-9(10,7(11)12)8(2,3)4/h5-6H2,1-4H3,(H,11,12). The highest BCUT2D eigenvalue weighted by atomic mass is 127. The fourth-order valence-electron chi connectivity index (χ4n) is 1.15. The molecular weight excluding hydrogens is 267 g/mol. The molecule has 2 nitrogen and oxygen atoms in total. The number of rotatable bonds is 3. The zero-order chi connectivity index (χ0) is 9.99. The molecular formula is C9H17IO2. The first kappa shape index (κ1) is 12.2. The van der Waals surface area contributed by atoms with Gasteiger partial charge in [0.25, 0.3) is 0 Å². The van der Waals surface area contributed by atoms with Crippen molar-refractivity contribution in [2.75, 3.05) is 0 Å². The number of aliphatic carboxylic acids is 1. The van der Waals surface area contributed by atoms with Gasteiger partial charge in [-0.05, 0) is 11.8 Å². The minimum atomic E-state index is -0.697. The van der Waals surface area contributed by atoms with E-state index in [0.717, 1.165) is 12.8 Å². The quantitative estimate of drug-likeness (QED) is 0.638. The van der Waals surface area contributed by atoms with E-state index in [2.05, 4.69) is 22.6 Å². The molecule has 0 spiro atoms. The summed E-state index contributed by atoms with van der Waals surface area (Å²) in [7, 11) is 0. The Balaban J connectivity index is 4.75. The van der Waals surface area contributed by atoms with Crippen LogP contribution < -0.4 is 0 Å². The molecule has 0 bridgehead atoms. The first-order chi connectivity index (χ1) is 5.25. The van der Waals surface area contributed by atoms with E-state index in [4.69, 9.17) is 5.11 Å². The third-order valence-corrected chi connectivity index (χ3v) is 4.74. The summed E-state index contributed by atoms with van der Waals surface area (Å²) in [6.07, 6.45) is 1.64. The molecule has 0 aliphatic heterocycles. The fraction of sp³-hybridized carbons (Fsp3) is 0.889. The van der Waals surface area contributed by atoms with Crippen LogP contribution in [-0.4, -0.2) is 14.5 Å². The Kier molecular flexibility index (Phi) is 4.00. The van der Waals surface area contributed by atoms with Crippen molar-refractivity contribution >= 4 is 28.6 Å². The smallest absolute Gasteiger partial charge is 0.320 e. The Hall–Kier alpha value is 0.200. The van der Waals surface area contributed by atoms with E-state index in [-0.39, 0.29) is 5.41 Å². The van der Waals surface area contributed by atoms with Crippen molar-refractivity contribution in [3.63, 3.8) is 0 Å². The lowest BCUT2D eigenvalue weighted by atomic mass is 9.78. The molecule has 1 N–H and O–H groups in total. The van der Waals surface area contributed by atoms with Crippen LogP contribution in [0.3, 0.4) is 0 Å². The summed E-state index contributed by atoms with van der Waals surface area (Å²) in [6.45, 7) is 7.94. The molecule has 12 heavy (non-hydrogen) atoms. The minimum Gasteiger partial charge on any atom is -0.480 e. The molecule has 1 atom stereocenters. The normalized spacial score (nSPS) is 17.1. The number of halogens is 1. The second-order valence-electron chi connectivity index (χ2n) is 4.11. The molecule has 3 heteroatoms. The Morgan fingerprint density at radius 1 is 1.42 bits per heavy atom. The van der Waals surface area contributed by atoms with Crippen LogP contribution >= 0.6 is 22.6 Å². The second kappa shape index (κ2) is 3.94. The maximum absolute atomic E-state index is 11.1. The molecule has 0 aliphatic carbocycles. The van der Waals surface area contributed by atoms with E-state index >= 15 is 0 Å². The lowest BCUT2D eigenvalue weighted by Gasteiger charge is -2.36. The van der Waals surface area contributed by atoms with Gasteiger partial charge in [0.1, 0.15) is 3.42 Å². The van der Waals surface area contributed by atoms with Crippen molar-refractivity contribution in [3.8, 4) is 0 Å². The van der Waals surface area contributed by atoms with Crippen LogP contribution in [0, 0.1) is 5.41 Å². The third kappa shape index (κ3) is 2.34. The van der Waals surface area contributed by atoms with Crippen LogP contribution in [0.5, 0.6) is 0 Å². The summed E-state index contributed by atoms with van der Waals surface area (Å²) in [4.78, 5) is 11.1. The molecule has 0 saturated heterocycles. The summed E-state index contributed by atoms with van der Waals surface area (Å²) < 4.78 is -0.625. The maximum Gasteiger partial charge on any atom is 0.320 e. The largest absolute Gasteiger partial charge is 0.480 e. The zero-order valence-corrected chi connectivity index (χ0v) is 10.3. The lowest BCUT2D eigenvalue weighted by Crippen LogP contribution is -2.44. The highest BCUT2D eigenvalue weighted by Crippen LogP contribution is 2.42. The van der Waals surface area contributed by atoms with Crippen molar-refractivity contribution in [1.82, 2.24) is 0 Å². The Morgan fingerprint density at radius 2 is 1.83 bits per heavy atom. The number of hydrogen-bond acceptors (Lipinski definition) is 1. The second-order valence-corrected chi connectivity index (χ2v) is 5.95. The highest BCUT2D eigenvalue weighted by molar-refractivity contribution is 14.1. The average Bonchev–Trinajstić information content (AvgIpc) is 1.85. The van der Waals surface area contributed by atoms with Crippen LogP contribution in [0.2, 0.25) is 0 Å². The van der Waals surface area contributed by atoms with Gasteiger partial charge in [0.05, 0.1) is 0 Å². The van der Waals surface area contributed by atoms with Gasteiger partial charge in [0.15, 0.2) is 0 Å². The molecule has 0 aromatic rings. The van der Waals surface area contributed by atoms with Gasteiger partial charge in [0, 0.05) is 0 Å². The predicted molar refractivity (Wildman–Crippen MR) is 58.7 cm³/mol. The number of alkyl halides is 1. The molecule has 1 unspecified atom stereocenters. The van der Waals surface area contributed by atoms with Crippen molar-refractivity contribution in [3.05, 3.63) is 0 Å². The maximum atomic E-state index is 11.1. The molecule has 0 fully saturated rings. The summed E-state index contributed by atoms with van der Waals surface area (Å²) in [6, 6.07) is 0. The first-order valence-electron chi connectivity index (χ1n) is 4.18. The van der Waals surface area contributed by atoms with Gasteiger partial charge < -0.3 is 5.11 Å². The molecule has 0 aromatic heterocycles. The van der Waals surface area contributed by atoms with E-state index in [1.54, 1.807) is 0 Å². The topological polar surface area (TPSA) is 37.3 Å². The monoisotopic (exact) mass is 284 g/mol. The molecule has 0 radical (unpaired) electrons. The van der Waals surface area contributed by atoms with Crippen LogP contribution in [0.4, 0.5) is 0 Å². The van der Waals surface area contributed by atoms with Gasteiger partial charge in [-0.15, -0.1) is 0 Å². The number of hydrogen-bond donors (Lipinski definition) is 1. The van der Waals surface area contributed by atoms with E-state index in [0.29, 0.717) is 0 Å². The fourth-order valence-corrected chi connectivity index (χ4v) is 1.69. The SMILES string of the molecule is CCCC(I)(C(=O)O)C(C)(C)C. The van der Waals surface area contributed by atoms with Crippen LogP contribution in [0.25, 0.3) is 0 Å². The van der Waals surface area contributed by atoms with Crippen molar-refractivity contribution in [1.29, 1.82) is 0 Å². The summed E-state index contributed by atoms with van der Waals surface area (Å²) >= 11 is 2.07. The molecule has 0 saturated carbocycles. The molecule has 0 heterocycles. The van der Waals surface area contributed by atoms with Gasteiger partial charge >= 0.3 is 5.97 Å². The molecule has 0 aromatic carbocycles. The predicted octanol–water partition coefficient (Wildman–Crippen LogP) is 3.09. The number of carboxylic acids is 1. The Bertz CT molecular complexity index is 172. The average molecular weight is 284 g/mol. The number of carbonyl (C=O) groups is 1. The highest BCUT2D eigenvalue weighted by Gasteiger charge is 2.45. The summed E-state index contributed by atoms with van der Waals surface area (Å²) in [5.74, 6) is -0.697. The third-order valence-electron chi connectivity index (χ3n) is 2.12.